The molecule has 0 nitrogen and oxygen atoms in total. The lowest BCUT2D eigenvalue weighted by Gasteiger charge is -2.27. The summed E-state index contributed by atoms with van der Waals surface area (Å²) in [7, 11) is -1.34. The molecule has 0 unspecified atom stereocenters. The first-order chi connectivity index (χ1) is 7.14. The molecule has 0 aliphatic heterocycles. The average molecular weight is 218 g/mol. The van der Waals surface area contributed by atoms with Crippen LogP contribution in [0, 0.1) is 0 Å². The van der Waals surface area contributed by atoms with Gasteiger partial charge in [0.05, 0.1) is 0 Å². The lowest BCUT2D eigenvalue weighted by molar-refractivity contribution is 1.27. The first-order valence-corrected chi connectivity index (χ1v) is 8.35. The molecule has 0 atom stereocenters. The molecule has 0 saturated carbocycles. The first-order valence-electron chi connectivity index (χ1n) is 5.86. The van der Waals surface area contributed by atoms with Gasteiger partial charge in [-0.25, -0.2) is 0 Å². The minimum absolute atomic E-state index is 1.30. The molecule has 0 saturated heterocycles. The SMILES string of the molecule is CC[Si](C=C(C)C)(CC)c1ccccc1. The second-order valence-corrected chi connectivity index (χ2v) is 9.04. The molecule has 1 aromatic carbocycles. The zero-order chi connectivity index (χ0) is 11.3. The van der Waals surface area contributed by atoms with Crippen LogP contribution in [0.4, 0.5) is 0 Å². The Kier molecular flexibility index (Phi) is 4.34. The summed E-state index contributed by atoms with van der Waals surface area (Å²) in [4.78, 5) is 0. The van der Waals surface area contributed by atoms with E-state index in [1.54, 1.807) is 5.19 Å². The third-order valence-corrected chi connectivity index (χ3v) is 8.31. The molecule has 82 valence electrons. The smallest absolute Gasteiger partial charge is 0.0912 e. The summed E-state index contributed by atoms with van der Waals surface area (Å²) in [5.41, 5.74) is 4.02. The molecule has 1 rings (SSSR count). The second-order valence-electron chi connectivity index (χ2n) is 4.45. The number of rotatable bonds is 4. The van der Waals surface area contributed by atoms with Crippen LogP contribution in [-0.4, -0.2) is 8.07 Å². The highest BCUT2D eigenvalue weighted by Gasteiger charge is 2.28. The Morgan fingerprint density at radius 2 is 1.60 bits per heavy atom. The molecular formula is C14H22Si. The maximum atomic E-state index is 2.56. The minimum Gasteiger partial charge on any atom is -0.0912 e. The van der Waals surface area contributed by atoms with Gasteiger partial charge >= 0.3 is 0 Å². The average Bonchev–Trinajstić information content (AvgIpc) is 2.27. The van der Waals surface area contributed by atoms with Crippen molar-refractivity contribution in [2.75, 3.05) is 0 Å². The summed E-state index contributed by atoms with van der Waals surface area (Å²) < 4.78 is 0. The molecule has 0 amide bonds. The van der Waals surface area contributed by atoms with Crippen LogP contribution < -0.4 is 5.19 Å². The molecule has 0 aromatic heterocycles. The van der Waals surface area contributed by atoms with Gasteiger partial charge < -0.3 is 0 Å². The van der Waals surface area contributed by atoms with Crippen molar-refractivity contribution in [3.05, 3.63) is 41.6 Å². The van der Waals surface area contributed by atoms with Crippen LogP contribution in [0.2, 0.25) is 12.1 Å². The lowest BCUT2D eigenvalue weighted by Crippen LogP contribution is -2.45. The summed E-state index contributed by atoms with van der Waals surface area (Å²) >= 11 is 0. The number of benzene rings is 1. The molecule has 0 fully saturated rings. The van der Waals surface area contributed by atoms with Crippen molar-refractivity contribution in [2.24, 2.45) is 0 Å². The van der Waals surface area contributed by atoms with Gasteiger partial charge in [0.15, 0.2) is 0 Å². The fourth-order valence-electron chi connectivity index (χ4n) is 2.27. The van der Waals surface area contributed by atoms with Gasteiger partial charge in [0, 0.05) is 0 Å². The van der Waals surface area contributed by atoms with Gasteiger partial charge in [-0.2, -0.15) is 0 Å². The van der Waals surface area contributed by atoms with Gasteiger partial charge in [-0.15, -0.1) is 0 Å². The van der Waals surface area contributed by atoms with E-state index >= 15 is 0 Å². The Hall–Kier alpha value is -0.823. The van der Waals surface area contributed by atoms with Crippen molar-refractivity contribution in [1.82, 2.24) is 0 Å². The number of hydrogen-bond acceptors (Lipinski definition) is 0. The maximum Gasteiger partial charge on any atom is 0.109 e. The van der Waals surface area contributed by atoms with E-state index < -0.39 is 8.07 Å². The Labute approximate surface area is 95.0 Å². The summed E-state index contributed by atoms with van der Waals surface area (Å²) in [5, 5.41) is 1.58. The molecule has 0 heterocycles. The standard InChI is InChI=1S/C14H22Si/c1-5-15(6-2,12-13(3)4)14-10-8-7-9-11-14/h7-12H,5-6H2,1-4H3. The van der Waals surface area contributed by atoms with Gasteiger partial charge in [-0.05, 0) is 13.8 Å². The number of allylic oxidation sites excluding steroid dienone is 1. The summed E-state index contributed by atoms with van der Waals surface area (Å²) in [6.07, 6.45) is 0. The van der Waals surface area contributed by atoms with Crippen LogP contribution in [0.25, 0.3) is 0 Å². The summed E-state index contributed by atoms with van der Waals surface area (Å²) in [6.45, 7) is 9.11. The predicted octanol–water partition coefficient (Wildman–Crippen LogP) is 3.89. The van der Waals surface area contributed by atoms with Crippen LogP contribution in [-0.2, 0) is 0 Å². The van der Waals surface area contributed by atoms with Gasteiger partial charge in [-0.3, -0.25) is 0 Å². The van der Waals surface area contributed by atoms with E-state index in [1.807, 2.05) is 0 Å². The van der Waals surface area contributed by atoms with E-state index in [0.29, 0.717) is 0 Å². The van der Waals surface area contributed by atoms with Crippen molar-refractivity contribution in [3.8, 4) is 0 Å². The molecular weight excluding hydrogens is 196 g/mol. The van der Waals surface area contributed by atoms with Crippen LogP contribution >= 0.6 is 0 Å². The Balaban J connectivity index is 3.17. The fourth-order valence-corrected chi connectivity index (χ4v) is 6.12. The lowest BCUT2D eigenvalue weighted by atomic mass is 10.4. The third-order valence-electron chi connectivity index (χ3n) is 3.18. The Bertz CT molecular complexity index is 316. The third kappa shape index (κ3) is 2.82. The van der Waals surface area contributed by atoms with Crippen molar-refractivity contribution in [1.29, 1.82) is 0 Å². The van der Waals surface area contributed by atoms with Crippen molar-refractivity contribution in [2.45, 2.75) is 39.8 Å². The largest absolute Gasteiger partial charge is 0.109 e. The molecule has 0 N–H and O–H groups in total. The van der Waals surface area contributed by atoms with Crippen molar-refractivity contribution >= 4 is 13.3 Å². The van der Waals surface area contributed by atoms with Gasteiger partial charge in [0.1, 0.15) is 8.07 Å². The maximum absolute atomic E-state index is 2.56. The highest BCUT2D eigenvalue weighted by Crippen LogP contribution is 2.18. The molecule has 0 aliphatic rings. The highest BCUT2D eigenvalue weighted by atomic mass is 28.3. The zero-order valence-electron chi connectivity index (χ0n) is 10.4. The van der Waals surface area contributed by atoms with Crippen LogP contribution in [0.3, 0.4) is 0 Å². The zero-order valence-corrected chi connectivity index (χ0v) is 11.4. The molecule has 15 heavy (non-hydrogen) atoms. The second kappa shape index (κ2) is 5.31. The molecule has 0 aliphatic carbocycles. The molecule has 0 radical (unpaired) electrons. The van der Waals surface area contributed by atoms with E-state index in [1.165, 1.54) is 17.7 Å². The van der Waals surface area contributed by atoms with Gasteiger partial charge in [-0.1, -0.05) is 72.7 Å². The predicted molar refractivity (Wildman–Crippen MR) is 72.2 cm³/mol. The monoisotopic (exact) mass is 218 g/mol. The summed E-state index contributed by atoms with van der Waals surface area (Å²) in [5.74, 6) is 0. The van der Waals surface area contributed by atoms with E-state index in [2.05, 4.69) is 63.7 Å². The van der Waals surface area contributed by atoms with Gasteiger partial charge in [0.2, 0.25) is 0 Å². The highest BCUT2D eigenvalue weighted by molar-refractivity contribution is 6.95. The van der Waals surface area contributed by atoms with E-state index in [0.717, 1.165) is 0 Å². The topological polar surface area (TPSA) is 0 Å². The van der Waals surface area contributed by atoms with E-state index in [9.17, 15) is 0 Å². The number of hydrogen-bond donors (Lipinski definition) is 0. The first kappa shape index (κ1) is 12.2. The normalized spacial score (nSPS) is 11.2. The van der Waals surface area contributed by atoms with Crippen LogP contribution in [0.5, 0.6) is 0 Å². The molecule has 1 heteroatoms. The Morgan fingerprint density at radius 1 is 1.07 bits per heavy atom. The summed E-state index contributed by atoms with van der Waals surface area (Å²) in [6, 6.07) is 13.7. The van der Waals surface area contributed by atoms with Crippen LogP contribution in [0.1, 0.15) is 27.7 Å². The van der Waals surface area contributed by atoms with E-state index in [4.69, 9.17) is 0 Å². The molecule has 0 spiro atoms. The van der Waals surface area contributed by atoms with Crippen molar-refractivity contribution < 1.29 is 0 Å². The van der Waals surface area contributed by atoms with Crippen molar-refractivity contribution in [3.63, 3.8) is 0 Å². The van der Waals surface area contributed by atoms with Crippen LogP contribution in [0.15, 0.2) is 41.6 Å². The fraction of sp³-hybridized carbons (Fsp3) is 0.429. The molecule has 0 bridgehead atoms. The molecule has 1 aromatic rings. The minimum atomic E-state index is -1.34. The van der Waals surface area contributed by atoms with E-state index in [-0.39, 0.29) is 0 Å². The Morgan fingerprint density at radius 3 is 2.00 bits per heavy atom. The quantitative estimate of drug-likeness (QED) is 0.673. The van der Waals surface area contributed by atoms with Gasteiger partial charge in [0.25, 0.3) is 0 Å².